The molecule has 0 heterocycles. The van der Waals surface area contributed by atoms with Crippen LogP contribution in [0.5, 0.6) is 0 Å². The molecule has 0 aliphatic heterocycles. The van der Waals surface area contributed by atoms with Gasteiger partial charge in [0.2, 0.25) is 0 Å². The molecule has 1 aliphatic rings. The quantitative estimate of drug-likeness (QED) is 0.324. The molecule has 0 aromatic heterocycles. The molecule has 1 rings (SSSR count). The number of rotatable bonds is 4. The molecule has 0 amide bonds. The first-order chi connectivity index (χ1) is 6.85. The van der Waals surface area contributed by atoms with Crippen LogP contribution in [0.2, 0.25) is 0 Å². The van der Waals surface area contributed by atoms with E-state index < -0.39 is 0 Å². The van der Waals surface area contributed by atoms with Gasteiger partial charge in [-0.25, -0.2) is 12.8 Å². The second-order valence-corrected chi connectivity index (χ2v) is 4.25. The summed E-state index contributed by atoms with van der Waals surface area (Å²) in [6.45, 7) is 8.16. The Morgan fingerprint density at radius 3 is 1.88 bits per heavy atom. The van der Waals surface area contributed by atoms with E-state index >= 15 is 0 Å². The summed E-state index contributed by atoms with van der Waals surface area (Å²) >= 11 is 0. The third-order valence-electron chi connectivity index (χ3n) is 3.00. The van der Waals surface area contributed by atoms with Crippen LogP contribution < -0.4 is 37.7 Å². The van der Waals surface area contributed by atoms with Crippen molar-refractivity contribution in [2.75, 3.05) is 0 Å². The summed E-state index contributed by atoms with van der Waals surface area (Å²) < 4.78 is 0. The van der Waals surface area contributed by atoms with Gasteiger partial charge in [-0.2, -0.15) is 6.42 Å². The van der Waals surface area contributed by atoms with Gasteiger partial charge in [-0.15, -0.1) is 0 Å². The number of hydrogen-bond acceptors (Lipinski definition) is 0. The SMILES string of the molecule is CCC1CCCCC1.[CH2-]CC[CH-]CC.[Li+].[Li+]. The van der Waals surface area contributed by atoms with Gasteiger partial charge in [0.15, 0.2) is 0 Å². The van der Waals surface area contributed by atoms with Crippen molar-refractivity contribution in [2.45, 2.75) is 71.6 Å². The fourth-order valence-electron chi connectivity index (χ4n) is 1.94. The maximum atomic E-state index is 3.69. The topological polar surface area (TPSA) is 0 Å². The molecule has 0 unspecified atom stereocenters. The zero-order chi connectivity index (χ0) is 10.6. The van der Waals surface area contributed by atoms with Crippen LogP contribution in [0.3, 0.4) is 0 Å². The van der Waals surface area contributed by atoms with E-state index in [9.17, 15) is 0 Å². The molecular formula is C14H28Li2. The van der Waals surface area contributed by atoms with Gasteiger partial charge >= 0.3 is 37.7 Å². The van der Waals surface area contributed by atoms with Crippen molar-refractivity contribution >= 4 is 0 Å². The fourth-order valence-corrected chi connectivity index (χ4v) is 1.94. The van der Waals surface area contributed by atoms with Gasteiger partial charge in [0.1, 0.15) is 0 Å². The van der Waals surface area contributed by atoms with Crippen molar-refractivity contribution in [3.8, 4) is 0 Å². The summed E-state index contributed by atoms with van der Waals surface area (Å²) in [4.78, 5) is 0. The second kappa shape index (κ2) is 18.6. The van der Waals surface area contributed by atoms with Crippen LogP contribution in [0.4, 0.5) is 0 Å². The maximum Gasteiger partial charge on any atom is 1.00 e. The van der Waals surface area contributed by atoms with Gasteiger partial charge in [0, 0.05) is 0 Å². The molecule has 0 nitrogen and oxygen atoms in total. The van der Waals surface area contributed by atoms with Gasteiger partial charge in [-0.1, -0.05) is 52.4 Å². The van der Waals surface area contributed by atoms with E-state index in [1.165, 1.54) is 51.4 Å². The summed E-state index contributed by atoms with van der Waals surface area (Å²) in [5.74, 6) is 1.09. The molecule has 86 valence electrons. The van der Waals surface area contributed by atoms with Crippen molar-refractivity contribution in [2.24, 2.45) is 5.92 Å². The van der Waals surface area contributed by atoms with Gasteiger partial charge < -0.3 is 13.3 Å². The monoisotopic (exact) mass is 210 g/mol. The van der Waals surface area contributed by atoms with E-state index in [1.54, 1.807) is 0 Å². The summed E-state index contributed by atoms with van der Waals surface area (Å²) in [5.41, 5.74) is 0. The Labute approximate surface area is 128 Å². The first-order valence-corrected chi connectivity index (χ1v) is 6.46. The summed E-state index contributed by atoms with van der Waals surface area (Å²) in [6.07, 6.45) is 14.6. The zero-order valence-corrected chi connectivity index (χ0v) is 12.2. The minimum absolute atomic E-state index is 0. The van der Waals surface area contributed by atoms with Crippen LogP contribution in [0.15, 0.2) is 0 Å². The molecule has 1 fully saturated rings. The van der Waals surface area contributed by atoms with E-state index in [0.29, 0.717) is 0 Å². The smallest absolute Gasteiger partial charge is 0.346 e. The van der Waals surface area contributed by atoms with Gasteiger partial charge in [0.25, 0.3) is 0 Å². The molecular weight excluding hydrogens is 182 g/mol. The molecule has 0 radical (unpaired) electrons. The second-order valence-electron chi connectivity index (χ2n) is 4.25. The van der Waals surface area contributed by atoms with Crippen LogP contribution in [0.25, 0.3) is 0 Å². The molecule has 0 saturated heterocycles. The van der Waals surface area contributed by atoms with Gasteiger partial charge in [-0.05, 0) is 5.92 Å². The van der Waals surface area contributed by atoms with Gasteiger partial charge in [0.05, 0.1) is 0 Å². The predicted molar refractivity (Wildman–Crippen MR) is 66.0 cm³/mol. The predicted octanol–water partition coefficient (Wildman–Crippen LogP) is -0.800. The van der Waals surface area contributed by atoms with Gasteiger partial charge in [-0.3, -0.25) is 0 Å². The molecule has 1 aliphatic carbocycles. The Balaban J connectivity index is -0.000000195. The molecule has 0 atom stereocenters. The molecule has 0 spiro atoms. The Morgan fingerprint density at radius 2 is 1.62 bits per heavy atom. The largest absolute Gasteiger partial charge is 1.00 e. The van der Waals surface area contributed by atoms with E-state index in [0.717, 1.165) is 12.3 Å². The Morgan fingerprint density at radius 1 is 1.06 bits per heavy atom. The van der Waals surface area contributed by atoms with E-state index in [-0.39, 0.29) is 37.7 Å². The summed E-state index contributed by atoms with van der Waals surface area (Å²) in [7, 11) is 0. The normalized spacial score (nSPS) is 15.2. The third-order valence-corrected chi connectivity index (χ3v) is 3.00. The Hall–Kier alpha value is 1.19. The van der Waals surface area contributed by atoms with Crippen LogP contribution in [0, 0.1) is 19.3 Å². The minimum atomic E-state index is 0. The first-order valence-electron chi connectivity index (χ1n) is 6.46. The molecule has 0 aromatic rings. The molecule has 2 heteroatoms. The fraction of sp³-hybridized carbons (Fsp3) is 0.857. The van der Waals surface area contributed by atoms with E-state index in [1.807, 2.05) is 0 Å². The number of unbranched alkanes of at least 4 members (excludes halogenated alkanes) is 3. The maximum absolute atomic E-state index is 3.69. The Kier molecular flexibility index (Phi) is 26.0. The van der Waals surface area contributed by atoms with Crippen molar-refractivity contribution in [3.63, 3.8) is 0 Å². The average Bonchev–Trinajstić information content (AvgIpc) is 2.28. The summed E-state index contributed by atoms with van der Waals surface area (Å²) in [5, 5.41) is 0. The molecule has 0 bridgehead atoms. The van der Waals surface area contributed by atoms with Crippen LogP contribution in [-0.4, -0.2) is 0 Å². The molecule has 0 aromatic carbocycles. The van der Waals surface area contributed by atoms with E-state index in [2.05, 4.69) is 27.2 Å². The molecule has 1 saturated carbocycles. The van der Waals surface area contributed by atoms with Crippen LogP contribution >= 0.6 is 0 Å². The molecule has 0 N–H and O–H groups in total. The summed E-state index contributed by atoms with van der Waals surface area (Å²) in [6, 6.07) is 0. The number of hydrogen-bond donors (Lipinski definition) is 0. The standard InChI is InChI=1S/C8H16.C6H12.2Li/c1-2-8-6-4-3-5-7-8;1-3-5-6-4-2;;/h8H,2-7H2,1H3;6H,1,3-5H2,2H3;;/q;-2;2*+1. The van der Waals surface area contributed by atoms with Crippen molar-refractivity contribution in [1.29, 1.82) is 0 Å². The third kappa shape index (κ3) is 15.2. The molecule has 16 heavy (non-hydrogen) atoms. The van der Waals surface area contributed by atoms with Crippen LogP contribution in [-0.2, 0) is 0 Å². The zero-order valence-electron chi connectivity index (χ0n) is 12.2. The average molecular weight is 210 g/mol. The van der Waals surface area contributed by atoms with Crippen molar-refractivity contribution < 1.29 is 37.7 Å². The van der Waals surface area contributed by atoms with E-state index in [4.69, 9.17) is 0 Å². The Bertz CT molecular complexity index is 94.9. The first kappa shape index (κ1) is 22.4. The van der Waals surface area contributed by atoms with Crippen molar-refractivity contribution in [1.82, 2.24) is 0 Å². The minimum Gasteiger partial charge on any atom is -0.346 e. The van der Waals surface area contributed by atoms with Crippen LogP contribution in [0.1, 0.15) is 71.6 Å². The van der Waals surface area contributed by atoms with Crippen molar-refractivity contribution in [3.05, 3.63) is 13.3 Å².